The molecule has 3 aromatic rings. The number of ether oxygens (including phenoxy) is 1. The number of aliphatic carboxylic acids is 2. The maximum absolute atomic E-state index is 13.6. The van der Waals surface area contributed by atoms with E-state index < -0.39 is 58.2 Å². The van der Waals surface area contributed by atoms with Crippen LogP contribution in [-0.2, 0) is 20.9 Å². The molecule has 0 saturated heterocycles. The van der Waals surface area contributed by atoms with E-state index in [9.17, 15) is 39.2 Å². The average molecular weight is 683 g/mol. The number of hydrogen-bond donors (Lipinski definition) is 6. The first-order valence-corrected chi connectivity index (χ1v) is 15.0. The highest BCUT2D eigenvalue weighted by Crippen LogP contribution is 2.24. The van der Waals surface area contributed by atoms with Gasteiger partial charge in [-0.3, -0.25) is 34.5 Å². The number of carboxylic acids is 2. The van der Waals surface area contributed by atoms with Crippen molar-refractivity contribution in [3.8, 4) is 0 Å². The van der Waals surface area contributed by atoms with E-state index in [0.29, 0.717) is 5.69 Å². The van der Waals surface area contributed by atoms with Crippen LogP contribution in [0.3, 0.4) is 0 Å². The number of rotatable bonds is 16. The molecule has 0 unspecified atom stereocenters. The van der Waals surface area contributed by atoms with Crippen LogP contribution in [0.25, 0.3) is 0 Å². The van der Waals surface area contributed by atoms with E-state index in [1.807, 2.05) is 18.2 Å². The molecule has 1 atom stereocenters. The van der Waals surface area contributed by atoms with Gasteiger partial charge in [0.25, 0.3) is 5.91 Å². The third kappa shape index (κ3) is 11.2. The molecule has 0 aliphatic rings. The average Bonchev–Trinajstić information content (AvgIpc) is 3.01. The van der Waals surface area contributed by atoms with Gasteiger partial charge in [-0.15, -0.1) is 0 Å². The number of carboxylic acid groups (broad SMARTS) is 2. The molecule has 18 nitrogen and oxygen atoms in total. The zero-order valence-corrected chi connectivity index (χ0v) is 27.0. The van der Waals surface area contributed by atoms with E-state index in [4.69, 9.17) is 15.6 Å². The lowest BCUT2D eigenvalue weighted by atomic mass is 10.1. The Morgan fingerprint density at radius 1 is 1.08 bits per heavy atom. The van der Waals surface area contributed by atoms with Crippen molar-refractivity contribution in [3.05, 3.63) is 86.2 Å². The monoisotopic (exact) mass is 682 g/mol. The number of hydrogen-bond acceptors (Lipinski definition) is 12. The first-order valence-electron chi connectivity index (χ1n) is 15.0. The maximum Gasteiger partial charge on any atom is 0.429 e. The summed E-state index contributed by atoms with van der Waals surface area (Å²) in [5, 5.41) is 37.8. The van der Waals surface area contributed by atoms with Crippen molar-refractivity contribution < 1.29 is 39.1 Å². The largest absolute Gasteiger partial charge is 0.481 e. The number of carbonyl (C=O) groups is 4. The zero-order valence-electron chi connectivity index (χ0n) is 27.0. The number of benzene rings is 2. The second kappa shape index (κ2) is 16.6. The number of nitrogens with two attached hydrogens (primary N) is 1. The molecule has 1 aromatic heterocycles. The molecule has 0 aliphatic heterocycles. The Morgan fingerprint density at radius 3 is 2.31 bits per heavy atom. The van der Waals surface area contributed by atoms with E-state index in [0.717, 1.165) is 5.56 Å². The second-order valence-electron chi connectivity index (χ2n) is 11.7. The van der Waals surface area contributed by atoms with Crippen LogP contribution in [0, 0.1) is 10.1 Å². The Morgan fingerprint density at radius 2 is 1.73 bits per heavy atom. The van der Waals surface area contributed by atoms with Crippen molar-refractivity contribution >= 4 is 47.1 Å². The highest BCUT2D eigenvalue weighted by molar-refractivity contribution is 5.97. The van der Waals surface area contributed by atoms with Crippen LogP contribution in [0.15, 0.2) is 59.4 Å². The molecule has 18 heteroatoms. The first-order chi connectivity index (χ1) is 23.1. The summed E-state index contributed by atoms with van der Waals surface area (Å²) in [6.45, 7) is 5.35. The van der Waals surface area contributed by atoms with E-state index in [1.54, 1.807) is 37.9 Å². The number of nitrogens with zero attached hydrogens (tertiary/aromatic N) is 4. The molecule has 3 rings (SSSR count). The lowest BCUT2D eigenvalue weighted by Crippen LogP contribution is -2.49. The van der Waals surface area contributed by atoms with Crippen molar-refractivity contribution in [2.75, 3.05) is 29.1 Å². The number of H-pyrrole nitrogens is 1. The summed E-state index contributed by atoms with van der Waals surface area (Å²) in [5.74, 6) is -3.99. The fourth-order valence-corrected chi connectivity index (χ4v) is 4.47. The highest BCUT2D eigenvalue weighted by Gasteiger charge is 2.29. The lowest BCUT2D eigenvalue weighted by molar-refractivity contribution is -0.385. The van der Waals surface area contributed by atoms with Gasteiger partial charge in [-0.25, -0.2) is 14.6 Å². The molecule has 0 aliphatic carbocycles. The molecule has 1 heterocycles. The number of nitrogens with one attached hydrogen (secondary N) is 3. The fraction of sp³-hybridized carbons (Fsp3) is 0.355. The molecule has 0 bridgehead atoms. The van der Waals surface area contributed by atoms with Gasteiger partial charge >= 0.3 is 29.3 Å². The van der Waals surface area contributed by atoms with Gasteiger partial charge in [0.05, 0.1) is 17.2 Å². The molecule has 0 radical (unpaired) electrons. The minimum atomic E-state index is -1.43. The minimum absolute atomic E-state index is 0.0497. The van der Waals surface area contributed by atoms with Gasteiger partial charge in [0, 0.05) is 25.1 Å². The summed E-state index contributed by atoms with van der Waals surface area (Å²) in [4.78, 5) is 77.6. The van der Waals surface area contributed by atoms with Crippen LogP contribution < -0.4 is 26.9 Å². The topological polar surface area (TPSA) is 263 Å². The van der Waals surface area contributed by atoms with Crippen LogP contribution in [0.1, 0.15) is 56.0 Å². The van der Waals surface area contributed by atoms with Crippen molar-refractivity contribution in [2.45, 2.75) is 58.2 Å². The van der Waals surface area contributed by atoms with Crippen LogP contribution in [-0.4, -0.2) is 78.8 Å². The van der Waals surface area contributed by atoms with Gasteiger partial charge in [0.15, 0.2) is 0 Å². The Balaban J connectivity index is 1.93. The molecular formula is C31H38N8O10. The van der Waals surface area contributed by atoms with Gasteiger partial charge in [-0.1, -0.05) is 30.3 Å². The third-order valence-corrected chi connectivity index (χ3v) is 6.68. The summed E-state index contributed by atoms with van der Waals surface area (Å²) in [6.07, 6.45) is -1.25. The molecule has 0 fully saturated rings. The Bertz CT molecular complexity index is 1710. The lowest BCUT2D eigenvalue weighted by Gasteiger charge is -2.37. The SMILES string of the molecule is CC(C)(C)OC(=O)N(Cc1ccccc1)N(CCCNc1nc(N)[nH]c(=O)c1[N+](=O)[O-])c1ccc(C(=O)N[C@@H](CCC(=O)O)C(=O)O)cc1. The molecule has 49 heavy (non-hydrogen) atoms. The normalized spacial score (nSPS) is 11.6. The zero-order chi connectivity index (χ0) is 36.3. The van der Waals surface area contributed by atoms with Crippen LogP contribution >= 0.6 is 0 Å². The predicted octanol–water partition coefficient (Wildman–Crippen LogP) is 2.97. The third-order valence-electron chi connectivity index (χ3n) is 6.68. The fourth-order valence-electron chi connectivity index (χ4n) is 4.47. The number of carbonyl (C=O) groups excluding carboxylic acids is 2. The standard InChI is InChI=1S/C31H38N8O10/c1-31(2,3)49-30(46)38(18-19-8-5-4-6-9-19)37(17-7-16-33-25-24(39(47)48)27(43)36-29(32)35-25)21-12-10-20(11-13-21)26(42)34-22(28(44)45)14-15-23(40)41/h4-6,8-13,22H,7,14-18H2,1-3H3,(H,34,42)(H,40,41)(H,44,45)(H4,32,33,35,36,43)/t22-/m0/s1. The van der Waals surface area contributed by atoms with E-state index in [1.165, 1.54) is 29.3 Å². The van der Waals surface area contributed by atoms with Crippen molar-refractivity contribution in [1.82, 2.24) is 20.3 Å². The quantitative estimate of drug-likeness (QED) is 0.0721. The molecule has 0 saturated carbocycles. The summed E-state index contributed by atoms with van der Waals surface area (Å²) in [6, 6.07) is 13.5. The van der Waals surface area contributed by atoms with Crippen LogP contribution in [0.5, 0.6) is 0 Å². The van der Waals surface area contributed by atoms with Crippen molar-refractivity contribution in [3.63, 3.8) is 0 Å². The molecule has 262 valence electrons. The Hall–Kier alpha value is -6.20. The van der Waals surface area contributed by atoms with Crippen LogP contribution in [0.4, 0.5) is 27.9 Å². The van der Waals surface area contributed by atoms with Crippen molar-refractivity contribution in [1.29, 1.82) is 0 Å². The summed E-state index contributed by atoms with van der Waals surface area (Å²) >= 11 is 0. The van der Waals surface area contributed by atoms with Gasteiger partial charge in [-0.2, -0.15) is 4.98 Å². The molecule has 2 aromatic carbocycles. The number of nitrogen functional groups attached to an aromatic ring is 1. The second-order valence-corrected chi connectivity index (χ2v) is 11.7. The van der Waals surface area contributed by atoms with E-state index >= 15 is 0 Å². The molecule has 7 N–H and O–H groups in total. The Kier molecular flexibility index (Phi) is 12.6. The summed E-state index contributed by atoms with van der Waals surface area (Å²) < 4.78 is 5.72. The van der Waals surface area contributed by atoms with Gasteiger partial charge in [0.1, 0.15) is 11.6 Å². The summed E-state index contributed by atoms with van der Waals surface area (Å²) in [5.41, 5.74) is 4.12. The highest BCUT2D eigenvalue weighted by atomic mass is 16.6. The van der Waals surface area contributed by atoms with Gasteiger partial charge in [-0.05, 0) is 63.4 Å². The van der Waals surface area contributed by atoms with Crippen LogP contribution in [0.2, 0.25) is 0 Å². The van der Waals surface area contributed by atoms with Gasteiger partial charge < -0.3 is 31.3 Å². The molecule has 0 spiro atoms. The molecule has 2 amide bonds. The van der Waals surface area contributed by atoms with E-state index in [-0.39, 0.29) is 49.8 Å². The molecular weight excluding hydrogens is 644 g/mol. The number of hydrazine groups is 1. The Labute approximate surface area is 280 Å². The number of aromatic nitrogens is 2. The summed E-state index contributed by atoms with van der Waals surface area (Å²) in [7, 11) is 0. The number of anilines is 3. The number of amides is 2. The van der Waals surface area contributed by atoms with E-state index in [2.05, 4.69) is 20.6 Å². The number of nitro groups is 1. The maximum atomic E-state index is 13.6. The smallest absolute Gasteiger partial charge is 0.429 e. The number of aromatic amines is 1. The minimum Gasteiger partial charge on any atom is -0.481 e. The van der Waals surface area contributed by atoms with Gasteiger partial charge in [0.2, 0.25) is 11.8 Å². The van der Waals surface area contributed by atoms with Crippen molar-refractivity contribution in [2.24, 2.45) is 0 Å². The predicted molar refractivity (Wildman–Crippen MR) is 177 cm³/mol. The first kappa shape index (κ1) is 37.3.